The van der Waals surface area contributed by atoms with E-state index in [9.17, 15) is 31.1 Å². The molecule has 0 bridgehead atoms. The molecule has 0 fully saturated rings. The third-order valence-corrected chi connectivity index (χ3v) is 2.17. The number of hydrogen-bond acceptors (Lipinski definition) is 2. The fourth-order valence-electron chi connectivity index (χ4n) is 1.14. The van der Waals surface area contributed by atoms with E-state index in [2.05, 4.69) is 24.3 Å². The van der Waals surface area contributed by atoms with E-state index in [1.807, 2.05) is 0 Å². The summed E-state index contributed by atoms with van der Waals surface area (Å²) in [6, 6.07) is 0. The maximum Gasteiger partial charge on any atom is 0.454 e. The number of aliphatic hydroxyl groups is 1. The smallest absolute Gasteiger partial charge is 0.454 e. The normalized spacial score (nSPS) is 17.3. The first-order valence-corrected chi connectivity index (χ1v) is 5.94. The van der Waals surface area contributed by atoms with E-state index in [0.29, 0.717) is 0 Å². The van der Waals surface area contributed by atoms with Crippen LogP contribution in [0, 0.1) is 0 Å². The molecule has 0 aromatic carbocycles. The molecule has 0 heterocycles. The van der Waals surface area contributed by atoms with Gasteiger partial charge in [0, 0.05) is 28.5 Å². The molecule has 22 heavy (non-hydrogen) atoms. The summed E-state index contributed by atoms with van der Waals surface area (Å²) in [4.78, 5) is 9.86. The summed E-state index contributed by atoms with van der Waals surface area (Å²) in [5.74, 6) is -5.34. The second-order valence-electron chi connectivity index (χ2n) is 3.99. The van der Waals surface area contributed by atoms with Gasteiger partial charge in [0.25, 0.3) is 5.78 Å². The van der Waals surface area contributed by atoms with E-state index in [4.69, 9.17) is 5.11 Å². The van der Waals surface area contributed by atoms with Crippen molar-refractivity contribution in [2.45, 2.75) is 38.0 Å². The van der Waals surface area contributed by atoms with E-state index in [1.54, 1.807) is 0 Å². The van der Waals surface area contributed by atoms with Gasteiger partial charge in [-0.05, 0) is 25.7 Å². The average molecular weight is 424 g/mol. The van der Waals surface area contributed by atoms with Crippen LogP contribution in [0.15, 0.2) is 36.1 Å². The quantitative estimate of drug-likeness (QED) is 0.216. The van der Waals surface area contributed by atoms with Gasteiger partial charge in [-0.25, -0.2) is 0 Å². The predicted molar refractivity (Wildman–Crippen MR) is 64.6 cm³/mol. The van der Waals surface area contributed by atoms with Crippen molar-refractivity contribution in [1.82, 2.24) is 0 Å². The summed E-state index contributed by atoms with van der Waals surface area (Å²) in [5, 5.41) is 7.93. The van der Waals surface area contributed by atoms with Gasteiger partial charge in [-0.2, -0.15) is 26.3 Å². The van der Waals surface area contributed by atoms with Gasteiger partial charge in [0.1, 0.15) is 0 Å². The van der Waals surface area contributed by atoms with Gasteiger partial charge in [-0.3, -0.25) is 4.79 Å². The molecule has 1 rings (SSSR count). The Morgan fingerprint density at radius 1 is 0.818 bits per heavy atom. The number of rotatable bonds is 1. The molecule has 1 aliphatic carbocycles. The Kier molecular flexibility index (Phi) is 11.3. The van der Waals surface area contributed by atoms with Crippen molar-refractivity contribution in [3.8, 4) is 0 Å². The van der Waals surface area contributed by atoms with Crippen LogP contribution >= 0.6 is 0 Å². The fraction of sp³-hybridized carbons (Fsp3) is 0.462. The second-order valence-corrected chi connectivity index (χ2v) is 3.99. The maximum atomic E-state index is 11.4. The minimum Gasteiger partial charge on any atom is -0.504 e. The zero-order valence-corrected chi connectivity index (χ0v) is 12.6. The van der Waals surface area contributed by atoms with Crippen LogP contribution in [0.4, 0.5) is 26.3 Å². The molecule has 0 unspecified atom stereocenters. The minimum atomic E-state index is -5.42. The number of aliphatic hydroxyl groups excluding tert-OH is 1. The van der Waals surface area contributed by atoms with Crippen LogP contribution in [0.25, 0.3) is 0 Å². The predicted octanol–water partition coefficient (Wildman–Crippen LogP) is 4.79. The molecule has 0 saturated carbocycles. The van der Waals surface area contributed by atoms with Gasteiger partial charge in [0.05, 0.1) is 0 Å². The molecule has 131 valence electrons. The molecule has 0 aromatic heterocycles. The van der Waals surface area contributed by atoms with Crippen LogP contribution in [0.2, 0.25) is 0 Å². The zero-order chi connectivity index (χ0) is 16.5. The number of alkyl halides is 6. The van der Waals surface area contributed by atoms with E-state index < -0.39 is 30.0 Å². The topological polar surface area (TPSA) is 37.3 Å². The summed E-state index contributed by atoms with van der Waals surface area (Å²) in [6.07, 6.45) is 2.32. The molecule has 0 aromatic rings. The van der Waals surface area contributed by atoms with Crippen LogP contribution in [0.5, 0.6) is 0 Å². The Bertz CT molecular complexity index is 395. The minimum absolute atomic E-state index is 0. The molecule has 9 heteroatoms. The van der Waals surface area contributed by atoms with Crippen molar-refractivity contribution >= 4 is 5.78 Å². The average Bonchev–Trinajstić information content (AvgIpc) is 2.25. The van der Waals surface area contributed by atoms with Crippen molar-refractivity contribution in [1.29, 1.82) is 0 Å². The van der Waals surface area contributed by atoms with Crippen molar-refractivity contribution in [2.75, 3.05) is 0 Å². The van der Waals surface area contributed by atoms with E-state index >= 15 is 0 Å². The van der Waals surface area contributed by atoms with Gasteiger partial charge >= 0.3 is 12.4 Å². The number of halogens is 6. The third-order valence-electron chi connectivity index (χ3n) is 2.17. The Morgan fingerprint density at radius 3 is 1.36 bits per heavy atom. The van der Waals surface area contributed by atoms with Gasteiger partial charge in [0.15, 0.2) is 0 Å². The molecule has 1 aliphatic rings. The molecule has 0 aliphatic heterocycles. The number of hydrogen-bond donors (Lipinski definition) is 1. The SMILES string of the molecule is C1=CCC/C=C\CC1.O=C(/C=C(\O)C(F)(F)F)C(F)(F)F.[Ag]. The van der Waals surface area contributed by atoms with Crippen LogP contribution in [-0.2, 0) is 27.2 Å². The Balaban J connectivity index is 0. The summed E-state index contributed by atoms with van der Waals surface area (Å²) in [7, 11) is 0. The Labute approximate surface area is 139 Å². The van der Waals surface area contributed by atoms with Crippen molar-refractivity contribution in [3.63, 3.8) is 0 Å². The van der Waals surface area contributed by atoms with Gasteiger partial charge < -0.3 is 5.11 Å². The summed E-state index contributed by atoms with van der Waals surface area (Å²) < 4.78 is 68.1. The van der Waals surface area contributed by atoms with E-state index in [1.165, 1.54) is 25.7 Å². The third kappa shape index (κ3) is 11.6. The van der Waals surface area contributed by atoms with Gasteiger partial charge in [0.2, 0.25) is 5.76 Å². The largest absolute Gasteiger partial charge is 0.504 e. The molecule has 0 spiro atoms. The molecule has 1 N–H and O–H groups in total. The Hall–Kier alpha value is -0.990. The molecule has 0 amide bonds. The molecular formula is C13H14AgF6O2. The number of carbonyl (C=O) groups excluding carboxylic acids is 1. The number of allylic oxidation sites excluding steroid dienone is 6. The summed E-state index contributed by atoms with van der Waals surface area (Å²) >= 11 is 0. The number of ketones is 1. The monoisotopic (exact) mass is 423 g/mol. The Morgan fingerprint density at radius 2 is 1.14 bits per heavy atom. The van der Waals surface area contributed by atoms with Crippen LogP contribution in [-0.4, -0.2) is 23.2 Å². The first kappa shape index (κ1) is 23.3. The zero-order valence-electron chi connectivity index (χ0n) is 11.1. The van der Waals surface area contributed by atoms with Crippen LogP contribution in [0.3, 0.4) is 0 Å². The summed E-state index contributed by atoms with van der Waals surface area (Å²) in [5.41, 5.74) is 0. The first-order chi connectivity index (χ1) is 9.55. The fourth-order valence-corrected chi connectivity index (χ4v) is 1.14. The molecule has 0 saturated heterocycles. The molecule has 2 nitrogen and oxygen atoms in total. The van der Waals surface area contributed by atoms with Gasteiger partial charge in [-0.1, -0.05) is 24.3 Å². The van der Waals surface area contributed by atoms with Gasteiger partial charge in [-0.15, -0.1) is 0 Å². The molecular weight excluding hydrogens is 410 g/mol. The second kappa shape index (κ2) is 10.7. The number of carbonyl (C=O) groups is 1. The van der Waals surface area contributed by atoms with E-state index in [-0.39, 0.29) is 22.4 Å². The van der Waals surface area contributed by atoms with Crippen molar-refractivity contribution in [2.24, 2.45) is 0 Å². The maximum absolute atomic E-state index is 11.4. The van der Waals surface area contributed by atoms with Crippen LogP contribution < -0.4 is 0 Å². The van der Waals surface area contributed by atoms with Crippen molar-refractivity contribution < 1.29 is 58.6 Å². The molecule has 0 atom stereocenters. The van der Waals surface area contributed by atoms with Crippen molar-refractivity contribution in [3.05, 3.63) is 36.1 Å². The first-order valence-electron chi connectivity index (χ1n) is 5.94. The molecule has 1 radical (unpaired) electrons. The standard InChI is InChI=1S/C8H12.C5H2F6O2.Ag/c1-2-4-6-8-7-5-3-1;6-4(7,8)2(12)1-3(13)5(9,10)11;/h1-2,7-8H,3-6H2;1,12H;/b2-1-,8-7?;2-1-;. The van der Waals surface area contributed by atoms with E-state index in [0.717, 1.165) is 0 Å². The van der Waals surface area contributed by atoms with Crippen LogP contribution in [0.1, 0.15) is 25.7 Å². The summed E-state index contributed by atoms with van der Waals surface area (Å²) in [6.45, 7) is 0.